The van der Waals surface area contributed by atoms with Crippen LogP contribution in [-0.4, -0.2) is 33.5 Å². The number of halogens is 3. The lowest BCUT2D eigenvalue weighted by Gasteiger charge is -2.32. The van der Waals surface area contributed by atoms with Crippen LogP contribution in [0.3, 0.4) is 0 Å². The SMILES string of the molecule is Cc1cc(-c2ccc(C#N)c(F)c2)nc2ccc(Oc3c(Cl)cc(N4N=C(C#N)C(O)NC4O)cc3Cl)cc12. The van der Waals surface area contributed by atoms with E-state index in [9.17, 15) is 14.6 Å². The van der Waals surface area contributed by atoms with Crippen molar-refractivity contribution in [3.05, 3.63) is 81.6 Å². The molecule has 0 bridgehead atoms. The lowest BCUT2D eigenvalue weighted by Crippen LogP contribution is -2.55. The van der Waals surface area contributed by atoms with E-state index >= 15 is 0 Å². The van der Waals surface area contributed by atoms with Gasteiger partial charge in [0, 0.05) is 10.9 Å². The van der Waals surface area contributed by atoms with Gasteiger partial charge in [0.05, 0.1) is 32.5 Å². The van der Waals surface area contributed by atoms with Gasteiger partial charge in [-0.05, 0) is 61.0 Å². The predicted molar refractivity (Wildman–Crippen MR) is 144 cm³/mol. The first kappa shape index (κ1) is 26.3. The van der Waals surface area contributed by atoms with E-state index in [4.69, 9.17) is 38.5 Å². The summed E-state index contributed by atoms with van der Waals surface area (Å²) in [7, 11) is 0. The van der Waals surface area contributed by atoms with Crippen LogP contribution in [0.25, 0.3) is 22.2 Å². The first-order chi connectivity index (χ1) is 18.7. The number of anilines is 1. The van der Waals surface area contributed by atoms with Gasteiger partial charge in [0.1, 0.15) is 23.7 Å². The van der Waals surface area contributed by atoms with Crippen LogP contribution in [0.4, 0.5) is 10.1 Å². The van der Waals surface area contributed by atoms with E-state index < -0.39 is 18.4 Å². The van der Waals surface area contributed by atoms with Gasteiger partial charge >= 0.3 is 0 Å². The number of hydrazone groups is 1. The number of fused-ring (bicyclic) bond motifs is 1. The summed E-state index contributed by atoms with van der Waals surface area (Å²) in [6, 6.07) is 17.8. The van der Waals surface area contributed by atoms with Crippen molar-refractivity contribution in [1.29, 1.82) is 10.5 Å². The van der Waals surface area contributed by atoms with Crippen LogP contribution in [0, 0.1) is 35.4 Å². The Kier molecular flexibility index (Phi) is 7.06. The first-order valence-electron chi connectivity index (χ1n) is 11.4. The fourth-order valence-corrected chi connectivity index (χ4v) is 4.60. The summed E-state index contributed by atoms with van der Waals surface area (Å²) in [6.45, 7) is 1.89. The molecule has 2 unspecified atom stereocenters. The molecular formula is C27H17Cl2FN6O3. The molecule has 4 aromatic rings. The molecule has 2 atom stereocenters. The Balaban J connectivity index is 1.45. The third-order valence-electron chi connectivity index (χ3n) is 5.97. The Hall–Kier alpha value is -4.29. The molecule has 39 heavy (non-hydrogen) atoms. The van der Waals surface area contributed by atoms with E-state index in [1.807, 2.05) is 13.0 Å². The number of hydrogen-bond donors (Lipinski definition) is 3. The number of hydrogen-bond acceptors (Lipinski definition) is 9. The minimum absolute atomic E-state index is 0.0365. The molecule has 1 aliphatic rings. The molecule has 0 amide bonds. The van der Waals surface area contributed by atoms with E-state index in [-0.39, 0.29) is 32.8 Å². The average Bonchev–Trinajstić information content (AvgIpc) is 2.91. The van der Waals surface area contributed by atoms with Crippen molar-refractivity contribution in [3.8, 4) is 34.9 Å². The Morgan fingerprint density at radius 1 is 1.03 bits per heavy atom. The first-order valence-corrected chi connectivity index (χ1v) is 12.1. The van der Waals surface area contributed by atoms with E-state index in [2.05, 4.69) is 15.4 Å². The van der Waals surface area contributed by atoms with E-state index in [0.717, 1.165) is 16.0 Å². The molecule has 194 valence electrons. The molecule has 1 aromatic heterocycles. The number of aromatic nitrogens is 1. The number of nitrogens with one attached hydrogen (secondary N) is 1. The second-order valence-electron chi connectivity index (χ2n) is 8.53. The van der Waals surface area contributed by atoms with Gasteiger partial charge in [0.15, 0.2) is 17.7 Å². The molecule has 12 heteroatoms. The topological polar surface area (TPSA) is 138 Å². The zero-order valence-electron chi connectivity index (χ0n) is 20.0. The highest BCUT2D eigenvalue weighted by Gasteiger charge is 2.29. The van der Waals surface area contributed by atoms with Gasteiger partial charge < -0.3 is 14.9 Å². The van der Waals surface area contributed by atoms with Crippen molar-refractivity contribution in [2.45, 2.75) is 19.5 Å². The molecule has 1 aliphatic heterocycles. The van der Waals surface area contributed by atoms with Crippen molar-refractivity contribution < 1.29 is 19.3 Å². The van der Waals surface area contributed by atoms with Crippen LogP contribution in [-0.2, 0) is 0 Å². The largest absolute Gasteiger partial charge is 0.454 e. The molecule has 0 fully saturated rings. The standard InChI is InChI=1S/C27H17Cl2FN6O3/c1-13-6-23(14-2-3-15(11-31)21(30)7-14)33-22-5-4-17(10-18(13)22)39-25-19(28)8-16(9-20(25)29)36-27(38)34-26(37)24(12-32)35-36/h2-10,26-27,34,37-38H,1H3. The van der Waals surface area contributed by atoms with E-state index in [0.29, 0.717) is 22.5 Å². The maximum absolute atomic E-state index is 14.1. The zero-order valence-corrected chi connectivity index (χ0v) is 21.5. The highest BCUT2D eigenvalue weighted by atomic mass is 35.5. The van der Waals surface area contributed by atoms with Gasteiger partial charge in [-0.2, -0.15) is 15.6 Å². The highest BCUT2D eigenvalue weighted by Crippen LogP contribution is 2.41. The zero-order chi connectivity index (χ0) is 27.8. The maximum Gasteiger partial charge on any atom is 0.206 e. The number of aliphatic hydroxyl groups is 2. The van der Waals surface area contributed by atoms with Crippen molar-refractivity contribution in [2.24, 2.45) is 5.10 Å². The number of rotatable bonds is 4. The van der Waals surface area contributed by atoms with Gasteiger partial charge in [-0.25, -0.2) is 19.7 Å². The van der Waals surface area contributed by atoms with Gasteiger partial charge in [0.25, 0.3) is 0 Å². The summed E-state index contributed by atoms with van der Waals surface area (Å²) >= 11 is 12.9. The number of ether oxygens (including phenoxy) is 1. The molecule has 0 radical (unpaired) electrons. The summed E-state index contributed by atoms with van der Waals surface area (Å²) in [5.41, 5.74) is 2.58. The number of aryl methyl sites for hydroxylation is 1. The molecule has 5 rings (SSSR count). The van der Waals surface area contributed by atoms with Crippen LogP contribution in [0.15, 0.2) is 59.7 Å². The van der Waals surface area contributed by atoms with Crippen LogP contribution >= 0.6 is 23.2 Å². The number of nitrogens with zero attached hydrogens (tertiary/aromatic N) is 5. The third-order valence-corrected chi connectivity index (χ3v) is 6.53. The van der Waals surface area contributed by atoms with Crippen molar-refractivity contribution >= 4 is 45.5 Å². The molecular weight excluding hydrogens is 546 g/mol. The number of nitriles is 2. The molecule has 9 nitrogen and oxygen atoms in total. The Bertz CT molecular complexity index is 1730. The van der Waals surface area contributed by atoms with Crippen molar-refractivity contribution in [2.75, 3.05) is 5.01 Å². The maximum atomic E-state index is 14.1. The van der Waals surface area contributed by atoms with Crippen molar-refractivity contribution in [1.82, 2.24) is 10.3 Å². The summed E-state index contributed by atoms with van der Waals surface area (Å²) in [5.74, 6) is -0.0339. The van der Waals surface area contributed by atoms with Gasteiger partial charge in [-0.3, -0.25) is 0 Å². The van der Waals surface area contributed by atoms with Crippen LogP contribution in [0.2, 0.25) is 10.0 Å². The monoisotopic (exact) mass is 562 g/mol. The average molecular weight is 563 g/mol. The Labute approximate surface area is 231 Å². The molecule has 0 saturated heterocycles. The highest BCUT2D eigenvalue weighted by molar-refractivity contribution is 6.37. The van der Waals surface area contributed by atoms with Crippen LogP contribution < -0.4 is 15.1 Å². The summed E-state index contributed by atoms with van der Waals surface area (Å²) < 4.78 is 20.1. The quantitative estimate of drug-likeness (QED) is 0.308. The normalized spacial score (nSPS) is 16.9. The van der Waals surface area contributed by atoms with Gasteiger partial charge in [-0.1, -0.05) is 29.3 Å². The molecule has 3 N–H and O–H groups in total. The molecule has 3 aromatic carbocycles. The number of benzene rings is 3. The van der Waals surface area contributed by atoms with E-state index in [1.54, 1.807) is 36.4 Å². The fourth-order valence-electron chi connectivity index (χ4n) is 4.04. The number of aliphatic hydroxyl groups excluding tert-OH is 2. The summed E-state index contributed by atoms with van der Waals surface area (Å²) in [4.78, 5) is 4.63. The van der Waals surface area contributed by atoms with E-state index in [1.165, 1.54) is 24.3 Å². The van der Waals surface area contributed by atoms with Gasteiger partial charge in [-0.15, -0.1) is 0 Å². The van der Waals surface area contributed by atoms with Crippen molar-refractivity contribution in [3.63, 3.8) is 0 Å². The lowest BCUT2D eigenvalue weighted by atomic mass is 10.0. The third kappa shape index (κ3) is 5.08. The molecule has 2 heterocycles. The molecule has 0 saturated carbocycles. The lowest BCUT2D eigenvalue weighted by molar-refractivity contribution is 0.0631. The predicted octanol–water partition coefficient (Wildman–Crippen LogP) is 5.20. The molecule has 0 aliphatic carbocycles. The Morgan fingerprint density at radius 2 is 1.77 bits per heavy atom. The summed E-state index contributed by atoms with van der Waals surface area (Å²) in [6.07, 6.45) is -2.85. The van der Waals surface area contributed by atoms with Crippen LogP contribution in [0.5, 0.6) is 11.5 Å². The minimum atomic E-state index is -1.43. The van der Waals surface area contributed by atoms with Crippen LogP contribution in [0.1, 0.15) is 11.1 Å². The second kappa shape index (κ2) is 10.5. The second-order valence-corrected chi connectivity index (χ2v) is 9.35. The minimum Gasteiger partial charge on any atom is -0.454 e. The Morgan fingerprint density at radius 3 is 2.44 bits per heavy atom. The van der Waals surface area contributed by atoms with Gasteiger partial charge in [0.2, 0.25) is 6.35 Å². The summed E-state index contributed by atoms with van der Waals surface area (Å²) in [5, 5.41) is 46.5. The smallest absolute Gasteiger partial charge is 0.206 e. The molecule has 0 spiro atoms. The fraction of sp³-hybridized carbons (Fsp3) is 0.111. The number of pyridine rings is 1.